The van der Waals surface area contributed by atoms with E-state index in [1.54, 1.807) is 0 Å². The van der Waals surface area contributed by atoms with E-state index >= 15 is 0 Å². The van der Waals surface area contributed by atoms with Gasteiger partial charge >= 0.3 is 11.9 Å². The van der Waals surface area contributed by atoms with Gasteiger partial charge in [-0.3, -0.25) is 9.59 Å². The van der Waals surface area contributed by atoms with Crippen LogP contribution in [0.4, 0.5) is 0 Å². The number of aliphatic hydroxyl groups excluding tert-OH is 7. The summed E-state index contributed by atoms with van der Waals surface area (Å²) < 4.78 is 33.4. The first-order chi connectivity index (χ1) is 36.0. The SMILES string of the molecule is CC/C=C\C/C=C\C/C=C\C/C=C\C/C=C\C/C=C\CCC(=O)OCC(COC1OC(COC2OC(CO)C(O)C(O)C2O)C(O)C(O)C1O)OC(=O)CC/C=C\C/C=C\C/C=C\C/C=C\C/C=C\C/C=C\CC. The van der Waals surface area contributed by atoms with Crippen molar-refractivity contribution in [2.45, 2.75) is 184 Å². The number of hydrogen-bond acceptors (Lipinski definition) is 15. The van der Waals surface area contributed by atoms with E-state index < -0.39 is 99.3 Å². The highest BCUT2D eigenvalue weighted by molar-refractivity contribution is 5.70. The molecule has 2 rings (SSSR count). The average molecular weight is 1040 g/mol. The van der Waals surface area contributed by atoms with Crippen LogP contribution in [0.25, 0.3) is 0 Å². The first-order valence-electron chi connectivity index (χ1n) is 26.4. The highest BCUT2D eigenvalue weighted by Gasteiger charge is 2.47. The molecule has 414 valence electrons. The van der Waals surface area contributed by atoms with Crippen LogP contribution in [-0.4, -0.2) is 142 Å². The molecule has 0 aliphatic carbocycles. The average Bonchev–Trinajstić information content (AvgIpc) is 3.39. The molecule has 0 saturated carbocycles. The molecule has 15 nitrogen and oxygen atoms in total. The molecule has 2 fully saturated rings. The van der Waals surface area contributed by atoms with Gasteiger partial charge in [-0.2, -0.15) is 0 Å². The Hall–Kier alpha value is -4.62. The first kappa shape index (κ1) is 65.5. The minimum Gasteiger partial charge on any atom is -0.462 e. The van der Waals surface area contributed by atoms with Crippen LogP contribution in [0.15, 0.2) is 146 Å². The molecule has 7 N–H and O–H groups in total. The summed E-state index contributed by atoms with van der Waals surface area (Å²) in [4.78, 5) is 25.7. The smallest absolute Gasteiger partial charge is 0.306 e. The van der Waals surface area contributed by atoms with Crippen molar-refractivity contribution in [3.63, 3.8) is 0 Å². The van der Waals surface area contributed by atoms with E-state index in [1.807, 2.05) is 30.4 Å². The van der Waals surface area contributed by atoms with Crippen LogP contribution < -0.4 is 0 Å². The van der Waals surface area contributed by atoms with Crippen LogP contribution in [-0.2, 0) is 38.0 Å². The van der Waals surface area contributed by atoms with Gasteiger partial charge in [0.25, 0.3) is 0 Å². The molecule has 0 radical (unpaired) electrons. The van der Waals surface area contributed by atoms with Gasteiger partial charge in [-0.15, -0.1) is 0 Å². The molecule has 0 aromatic heterocycles. The Balaban J connectivity index is 1.87. The molecule has 0 bridgehead atoms. The lowest BCUT2D eigenvalue weighted by molar-refractivity contribution is -0.332. The highest BCUT2D eigenvalue weighted by Crippen LogP contribution is 2.26. The third-order valence-electron chi connectivity index (χ3n) is 11.3. The predicted molar refractivity (Wildman–Crippen MR) is 288 cm³/mol. The van der Waals surface area contributed by atoms with E-state index in [0.717, 1.165) is 64.2 Å². The van der Waals surface area contributed by atoms with Crippen molar-refractivity contribution in [2.24, 2.45) is 0 Å². The summed E-state index contributed by atoms with van der Waals surface area (Å²) in [7, 11) is 0. The standard InChI is InChI=1S/C59H88O15/c1-3-5-7-9-11-13-15-17-19-21-23-25-27-29-31-33-35-37-39-41-50(61)69-44-47(72-51(62)42-40-38-36-34-32-30-28-26-24-22-20-18-16-14-12-10-8-6-4-2)45-70-58-57(68)55(66)53(64)49(74-58)46-71-59-56(67)54(65)52(63)48(43-60)73-59/h5-8,11-14,17-20,23-26,29-32,35-38,47-49,52-60,63-68H,3-4,9-10,15-16,21-22,27-28,33-34,39-46H2,1-2H3/b7-5-,8-6-,13-11-,14-12-,19-17-,20-18-,25-23-,26-24-,31-29-,32-30-,37-35-,38-36-. The lowest BCUT2D eigenvalue weighted by atomic mass is 9.98. The summed E-state index contributed by atoms with van der Waals surface area (Å²) in [5.41, 5.74) is 0. The zero-order valence-corrected chi connectivity index (χ0v) is 43.7. The van der Waals surface area contributed by atoms with Crippen molar-refractivity contribution >= 4 is 11.9 Å². The summed E-state index contributed by atoms with van der Waals surface area (Å²) >= 11 is 0. The van der Waals surface area contributed by atoms with Gasteiger partial charge in [-0.25, -0.2) is 0 Å². The highest BCUT2D eigenvalue weighted by atomic mass is 16.7. The van der Waals surface area contributed by atoms with Gasteiger partial charge < -0.3 is 64.2 Å². The number of carbonyl (C=O) groups excluding carboxylic acids is 2. The Kier molecular flexibility index (Phi) is 38.6. The van der Waals surface area contributed by atoms with E-state index in [0.29, 0.717) is 25.7 Å². The van der Waals surface area contributed by atoms with Crippen molar-refractivity contribution in [3.8, 4) is 0 Å². The maximum atomic E-state index is 13.0. The quantitative estimate of drug-likeness (QED) is 0.0229. The summed E-state index contributed by atoms with van der Waals surface area (Å²) in [6, 6.07) is 0. The van der Waals surface area contributed by atoms with Crippen molar-refractivity contribution in [1.29, 1.82) is 0 Å². The van der Waals surface area contributed by atoms with Crippen molar-refractivity contribution in [1.82, 2.24) is 0 Å². The van der Waals surface area contributed by atoms with Gasteiger partial charge in [-0.1, -0.05) is 160 Å². The zero-order chi connectivity index (χ0) is 53.9. The molecule has 2 aliphatic rings. The fourth-order valence-electron chi connectivity index (χ4n) is 7.09. The van der Waals surface area contributed by atoms with Gasteiger partial charge in [-0.05, 0) is 89.9 Å². The maximum absolute atomic E-state index is 13.0. The molecule has 15 heteroatoms. The Morgan fingerprint density at radius 3 is 1.15 bits per heavy atom. The zero-order valence-electron chi connectivity index (χ0n) is 43.7. The predicted octanol–water partition coefficient (Wildman–Crippen LogP) is 8.04. The number of hydrogen-bond donors (Lipinski definition) is 7. The molecule has 2 saturated heterocycles. The van der Waals surface area contributed by atoms with E-state index in [4.69, 9.17) is 28.4 Å². The molecular weight excluding hydrogens is 949 g/mol. The van der Waals surface area contributed by atoms with Gasteiger partial charge in [0.05, 0.1) is 19.8 Å². The summed E-state index contributed by atoms with van der Waals surface area (Å²) in [6.45, 7) is 2.17. The molecule has 0 aromatic carbocycles. The van der Waals surface area contributed by atoms with E-state index in [9.17, 15) is 45.3 Å². The number of carbonyl (C=O) groups is 2. The third kappa shape index (κ3) is 30.7. The Morgan fingerprint density at radius 2 is 0.757 bits per heavy atom. The molecule has 2 aliphatic heterocycles. The third-order valence-corrected chi connectivity index (χ3v) is 11.3. The summed E-state index contributed by atoms with van der Waals surface area (Å²) in [5, 5.41) is 72.1. The van der Waals surface area contributed by atoms with Crippen LogP contribution in [0.1, 0.15) is 117 Å². The lowest BCUT2D eigenvalue weighted by Crippen LogP contribution is -2.61. The Labute approximate surface area is 440 Å². The number of aliphatic hydroxyl groups is 7. The molecule has 0 amide bonds. The lowest BCUT2D eigenvalue weighted by Gasteiger charge is -2.42. The minimum atomic E-state index is -1.80. The molecule has 0 spiro atoms. The second-order valence-corrected chi connectivity index (χ2v) is 17.6. The van der Waals surface area contributed by atoms with Crippen LogP contribution in [0.3, 0.4) is 0 Å². The normalized spacial score (nSPS) is 25.9. The maximum Gasteiger partial charge on any atom is 0.306 e. The fourth-order valence-corrected chi connectivity index (χ4v) is 7.09. The van der Waals surface area contributed by atoms with Crippen LogP contribution in [0, 0.1) is 0 Å². The number of ether oxygens (including phenoxy) is 6. The number of esters is 2. The minimum absolute atomic E-state index is 0.0140. The van der Waals surface area contributed by atoms with E-state index in [1.165, 1.54) is 0 Å². The second kappa shape index (κ2) is 43.6. The van der Waals surface area contributed by atoms with Crippen molar-refractivity contribution < 1.29 is 73.8 Å². The first-order valence-corrected chi connectivity index (χ1v) is 26.4. The number of rotatable bonds is 38. The summed E-state index contributed by atoms with van der Waals surface area (Å²) in [5.74, 6) is -1.14. The van der Waals surface area contributed by atoms with Crippen LogP contribution >= 0.6 is 0 Å². The monoisotopic (exact) mass is 1040 g/mol. The van der Waals surface area contributed by atoms with Gasteiger partial charge in [0.15, 0.2) is 18.7 Å². The van der Waals surface area contributed by atoms with Gasteiger partial charge in [0.1, 0.15) is 55.4 Å². The van der Waals surface area contributed by atoms with Gasteiger partial charge in [0, 0.05) is 12.8 Å². The van der Waals surface area contributed by atoms with Crippen molar-refractivity contribution in [3.05, 3.63) is 146 Å². The number of allylic oxidation sites excluding steroid dienone is 24. The molecule has 11 unspecified atom stereocenters. The molecule has 11 atom stereocenters. The largest absolute Gasteiger partial charge is 0.462 e. The molecule has 0 aromatic rings. The van der Waals surface area contributed by atoms with Gasteiger partial charge in [0.2, 0.25) is 0 Å². The molecular formula is C59H88O15. The van der Waals surface area contributed by atoms with Crippen molar-refractivity contribution in [2.75, 3.05) is 26.4 Å². The van der Waals surface area contributed by atoms with Crippen LogP contribution in [0.2, 0.25) is 0 Å². The fraction of sp³-hybridized carbons (Fsp3) is 0.559. The Bertz CT molecular complexity index is 1840. The molecule has 2 heterocycles. The molecule has 74 heavy (non-hydrogen) atoms. The summed E-state index contributed by atoms with van der Waals surface area (Å²) in [6.07, 6.45) is 44.7. The van der Waals surface area contributed by atoms with E-state index in [-0.39, 0.29) is 19.4 Å². The van der Waals surface area contributed by atoms with E-state index in [2.05, 4.69) is 129 Å². The van der Waals surface area contributed by atoms with Crippen LogP contribution in [0.5, 0.6) is 0 Å². The Morgan fingerprint density at radius 1 is 0.419 bits per heavy atom. The second-order valence-electron chi connectivity index (χ2n) is 17.6. The topological polar surface area (TPSA) is 231 Å².